The van der Waals surface area contributed by atoms with Crippen LogP contribution in [0.2, 0.25) is 5.02 Å². The van der Waals surface area contributed by atoms with Crippen LogP contribution in [0, 0.1) is 20.8 Å². The first-order valence-corrected chi connectivity index (χ1v) is 12.1. The molecule has 10 heteroatoms. The van der Waals surface area contributed by atoms with Gasteiger partial charge in [0.1, 0.15) is 5.75 Å². The molecular formula is C24H24ClN3O5S. The van der Waals surface area contributed by atoms with Crippen molar-refractivity contribution in [1.82, 2.24) is 0 Å². The van der Waals surface area contributed by atoms with Crippen LogP contribution in [-0.2, 0) is 14.8 Å². The van der Waals surface area contributed by atoms with Gasteiger partial charge in [-0.25, -0.2) is 13.6 Å². The van der Waals surface area contributed by atoms with E-state index in [1.165, 1.54) is 24.3 Å². The van der Waals surface area contributed by atoms with E-state index >= 15 is 0 Å². The van der Waals surface area contributed by atoms with Gasteiger partial charge >= 0.3 is 0 Å². The van der Waals surface area contributed by atoms with Crippen LogP contribution in [0.25, 0.3) is 0 Å². The summed E-state index contributed by atoms with van der Waals surface area (Å²) < 4.78 is 28.6. The number of benzene rings is 3. The number of hydrogen-bond acceptors (Lipinski definition) is 5. The average molecular weight is 502 g/mol. The lowest BCUT2D eigenvalue weighted by Crippen LogP contribution is -2.21. The van der Waals surface area contributed by atoms with E-state index in [-0.39, 0.29) is 23.2 Å². The summed E-state index contributed by atoms with van der Waals surface area (Å²) in [7, 11) is -3.84. The fourth-order valence-corrected chi connectivity index (χ4v) is 4.08. The number of carbonyl (C=O) groups is 2. The number of nitrogens with one attached hydrogen (secondary N) is 2. The van der Waals surface area contributed by atoms with Crippen molar-refractivity contribution in [3.63, 3.8) is 0 Å². The second kappa shape index (κ2) is 10.3. The van der Waals surface area contributed by atoms with Crippen molar-refractivity contribution >= 4 is 44.8 Å². The molecule has 0 radical (unpaired) electrons. The highest BCUT2D eigenvalue weighted by molar-refractivity contribution is 7.89. The summed E-state index contributed by atoms with van der Waals surface area (Å²) in [5.74, 6) is -0.555. The van der Waals surface area contributed by atoms with Crippen molar-refractivity contribution in [3.8, 4) is 5.75 Å². The third kappa shape index (κ3) is 6.57. The Kier molecular flexibility index (Phi) is 7.61. The highest BCUT2D eigenvalue weighted by atomic mass is 35.5. The summed E-state index contributed by atoms with van der Waals surface area (Å²) in [4.78, 5) is 25.1. The molecule has 0 aromatic heterocycles. The van der Waals surface area contributed by atoms with Gasteiger partial charge in [-0.05, 0) is 74.9 Å². The number of aryl methyl sites for hydroxylation is 3. The SMILES string of the molecule is Cc1cc(C)cc(C(=O)Nc2cc(Cl)ccc2OCC(=O)Nc2ccc(S(N)(=O)=O)cc2C)c1. The number of nitrogens with two attached hydrogens (primary N) is 1. The Balaban J connectivity index is 1.70. The maximum Gasteiger partial charge on any atom is 0.262 e. The number of rotatable bonds is 7. The zero-order valence-corrected chi connectivity index (χ0v) is 20.4. The van der Waals surface area contributed by atoms with Crippen molar-refractivity contribution in [1.29, 1.82) is 0 Å². The van der Waals surface area contributed by atoms with Crippen molar-refractivity contribution in [2.24, 2.45) is 5.14 Å². The third-order valence-corrected chi connectivity index (χ3v) is 5.98. The fourth-order valence-electron chi connectivity index (χ4n) is 3.31. The minimum atomic E-state index is -3.84. The predicted molar refractivity (Wildman–Crippen MR) is 132 cm³/mol. The topological polar surface area (TPSA) is 128 Å². The average Bonchev–Trinajstić information content (AvgIpc) is 2.73. The van der Waals surface area contributed by atoms with Crippen LogP contribution in [-0.4, -0.2) is 26.8 Å². The number of sulfonamides is 1. The van der Waals surface area contributed by atoms with Crippen LogP contribution in [0.15, 0.2) is 59.5 Å². The quantitative estimate of drug-likeness (QED) is 0.447. The molecule has 0 saturated heterocycles. The van der Waals surface area contributed by atoms with Crippen molar-refractivity contribution in [2.75, 3.05) is 17.2 Å². The van der Waals surface area contributed by atoms with Crippen LogP contribution in [0.4, 0.5) is 11.4 Å². The highest BCUT2D eigenvalue weighted by Crippen LogP contribution is 2.29. The summed E-state index contributed by atoms with van der Waals surface area (Å²) in [6.45, 7) is 5.09. The van der Waals surface area contributed by atoms with E-state index in [0.717, 1.165) is 11.1 Å². The first kappa shape index (κ1) is 25.2. The number of halogens is 1. The minimum absolute atomic E-state index is 0.0513. The first-order valence-electron chi connectivity index (χ1n) is 10.2. The first-order chi connectivity index (χ1) is 15.9. The molecule has 0 aliphatic carbocycles. The van der Waals surface area contributed by atoms with Gasteiger partial charge in [0.2, 0.25) is 10.0 Å². The Morgan fingerprint density at radius 3 is 2.21 bits per heavy atom. The molecule has 3 rings (SSSR count). The van der Waals surface area contributed by atoms with E-state index in [4.69, 9.17) is 21.5 Å². The van der Waals surface area contributed by atoms with Crippen LogP contribution in [0.1, 0.15) is 27.0 Å². The number of primary sulfonamides is 1. The van der Waals surface area contributed by atoms with Crippen molar-refractivity contribution in [2.45, 2.75) is 25.7 Å². The van der Waals surface area contributed by atoms with Gasteiger partial charge < -0.3 is 15.4 Å². The van der Waals surface area contributed by atoms with E-state index in [1.54, 1.807) is 31.2 Å². The second-order valence-corrected chi connectivity index (χ2v) is 9.83. The molecule has 0 unspecified atom stereocenters. The molecule has 34 heavy (non-hydrogen) atoms. The fraction of sp³-hybridized carbons (Fsp3) is 0.167. The summed E-state index contributed by atoms with van der Waals surface area (Å²) in [6, 6.07) is 14.3. The zero-order valence-electron chi connectivity index (χ0n) is 18.8. The summed E-state index contributed by atoms with van der Waals surface area (Å²) in [6.07, 6.45) is 0. The van der Waals surface area contributed by atoms with Gasteiger partial charge in [0.15, 0.2) is 6.61 Å². The zero-order chi connectivity index (χ0) is 25.0. The van der Waals surface area contributed by atoms with Gasteiger partial charge in [0.05, 0.1) is 10.6 Å². The van der Waals surface area contributed by atoms with Gasteiger partial charge in [-0.1, -0.05) is 28.8 Å². The van der Waals surface area contributed by atoms with Crippen LogP contribution < -0.4 is 20.5 Å². The molecule has 3 aromatic rings. The molecule has 178 valence electrons. The number of ether oxygens (including phenoxy) is 1. The van der Waals surface area contributed by atoms with Gasteiger partial charge in [-0.15, -0.1) is 0 Å². The standard InChI is InChI=1S/C24H24ClN3O5S/c1-14-8-15(2)10-17(9-14)24(30)28-21-12-18(25)4-7-22(21)33-13-23(29)27-20-6-5-19(11-16(20)3)34(26,31)32/h4-12H,13H2,1-3H3,(H,27,29)(H,28,30)(H2,26,31,32). The van der Waals surface area contributed by atoms with E-state index in [9.17, 15) is 18.0 Å². The lowest BCUT2D eigenvalue weighted by Gasteiger charge is -2.14. The molecule has 3 aromatic carbocycles. The van der Waals surface area contributed by atoms with Gasteiger partial charge in [-0.2, -0.15) is 0 Å². The monoisotopic (exact) mass is 501 g/mol. The van der Waals surface area contributed by atoms with Gasteiger partial charge in [0.25, 0.3) is 11.8 Å². The number of hydrogen-bond donors (Lipinski definition) is 3. The molecule has 0 saturated carbocycles. The molecule has 2 amide bonds. The molecule has 8 nitrogen and oxygen atoms in total. The second-order valence-electron chi connectivity index (χ2n) is 7.83. The number of anilines is 2. The Labute approximate surface area is 203 Å². The van der Waals surface area contributed by atoms with E-state index in [1.807, 2.05) is 19.9 Å². The molecule has 0 aliphatic heterocycles. The molecule has 0 atom stereocenters. The highest BCUT2D eigenvalue weighted by Gasteiger charge is 2.15. The summed E-state index contributed by atoms with van der Waals surface area (Å²) in [5.41, 5.74) is 3.65. The molecule has 4 N–H and O–H groups in total. The minimum Gasteiger partial charge on any atom is -0.482 e. The molecule has 0 spiro atoms. The Morgan fingerprint density at radius 1 is 0.912 bits per heavy atom. The number of carbonyl (C=O) groups excluding carboxylic acids is 2. The van der Waals surface area contributed by atoms with Crippen LogP contribution >= 0.6 is 11.6 Å². The predicted octanol–water partition coefficient (Wildman–Crippen LogP) is 4.18. The van der Waals surface area contributed by atoms with E-state index in [0.29, 0.717) is 27.5 Å². The van der Waals surface area contributed by atoms with Gasteiger partial charge in [-0.3, -0.25) is 9.59 Å². The maximum absolute atomic E-state index is 12.8. The molecule has 0 bridgehead atoms. The van der Waals surface area contributed by atoms with Crippen molar-refractivity contribution in [3.05, 3.63) is 81.9 Å². The Morgan fingerprint density at radius 2 is 1.59 bits per heavy atom. The number of amides is 2. The smallest absolute Gasteiger partial charge is 0.262 e. The normalized spacial score (nSPS) is 11.1. The van der Waals surface area contributed by atoms with Crippen LogP contribution in [0.3, 0.4) is 0 Å². The van der Waals surface area contributed by atoms with E-state index in [2.05, 4.69) is 10.6 Å². The lowest BCUT2D eigenvalue weighted by molar-refractivity contribution is -0.118. The molecular weight excluding hydrogens is 478 g/mol. The molecule has 0 aliphatic rings. The molecule has 0 fully saturated rings. The Bertz CT molecular complexity index is 1350. The van der Waals surface area contributed by atoms with Crippen molar-refractivity contribution < 1.29 is 22.7 Å². The maximum atomic E-state index is 12.8. The molecule has 0 heterocycles. The van der Waals surface area contributed by atoms with Gasteiger partial charge in [0, 0.05) is 16.3 Å². The van der Waals surface area contributed by atoms with E-state index < -0.39 is 15.9 Å². The lowest BCUT2D eigenvalue weighted by atomic mass is 10.1. The summed E-state index contributed by atoms with van der Waals surface area (Å²) >= 11 is 6.09. The van der Waals surface area contributed by atoms with Crippen LogP contribution in [0.5, 0.6) is 5.75 Å². The Hall–Kier alpha value is -3.40. The summed E-state index contributed by atoms with van der Waals surface area (Å²) in [5, 5.41) is 10.9. The third-order valence-electron chi connectivity index (χ3n) is 4.83. The largest absolute Gasteiger partial charge is 0.482 e.